The van der Waals surface area contributed by atoms with E-state index >= 15 is 0 Å². The fourth-order valence-electron chi connectivity index (χ4n) is 3.19. The Morgan fingerprint density at radius 1 is 1.35 bits per heavy atom. The molecule has 1 fully saturated rings. The van der Waals surface area contributed by atoms with Crippen molar-refractivity contribution >= 4 is 27.3 Å². The van der Waals surface area contributed by atoms with Crippen molar-refractivity contribution in [2.24, 2.45) is 5.92 Å². The molecule has 0 bridgehead atoms. The van der Waals surface area contributed by atoms with Crippen LogP contribution in [0.3, 0.4) is 0 Å². The fraction of sp³-hybridized carbons (Fsp3) is 0.333. The molecule has 118 valence electrons. The van der Waals surface area contributed by atoms with E-state index in [9.17, 15) is 4.79 Å². The first-order valence-electron chi connectivity index (χ1n) is 8.02. The summed E-state index contributed by atoms with van der Waals surface area (Å²) >= 11 is 1.59. The molecule has 0 saturated carbocycles. The first-order valence-corrected chi connectivity index (χ1v) is 8.84. The number of hydrogen-bond donors (Lipinski definition) is 0. The SMILES string of the molecule is CCc1nccn1CC1CN(C(=O)c2cc3ccccc3s2)C1. The van der Waals surface area contributed by atoms with Crippen LogP contribution in [0.1, 0.15) is 22.4 Å². The number of rotatable bonds is 4. The quantitative estimate of drug-likeness (QED) is 0.737. The molecule has 1 saturated heterocycles. The maximum absolute atomic E-state index is 12.6. The molecule has 1 aliphatic heterocycles. The van der Waals surface area contributed by atoms with Crippen molar-refractivity contribution in [2.45, 2.75) is 19.9 Å². The van der Waals surface area contributed by atoms with Crippen LogP contribution in [0.25, 0.3) is 10.1 Å². The van der Waals surface area contributed by atoms with E-state index in [1.54, 1.807) is 11.3 Å². The number of likely N-dealkylation sites (tertiary alicyclic amines) is 1. The highest BCUT2D eigenvalue weighted by Gasteiger charge is 2.32. The highest BCUT2D eigenvalue weighted by molar-refractivity contribution is 7.20. The lowest BCUT2D eigenvalue weighted by Gasteiger charge is -2.39. The van der Waals surface area contributed by atoms with Gasteiger partial charge in [-0.15, -0.1) is 11.3 Å². The summed E-state index contributed by atoms with van der Waals surface area (Å²) < 4.78 is 3.39. The highest BCUT2D eigenvalue weighted by atomic mass is 32.1. The topological polar surface area (TPSA) is 38.1 Å². The molecule has 0 radical (unpaired) electrons. The molecule has 0 N–H and O–H groups in total. The van der Waals surface area contributed by atoms with Gasteiger partial charge in [0.1, 0.15) is 5.82 Å². The lowest BCUT2D eigenvalue weighted by molar-refractivity contribution is 0.0472. The van der Waals surface area contributed by atoms with E-state index < -0.39 is 0 Å². The molecule has 0 unspecified atom stereocenters. The van der Waals surface area contributed by atoms with Crippen LogP contribution < -0.4 is 0 Å². The number of carbonyl (C=O) groups is 1. The summed E-state index contributed by atoms with van der Waals surface area (Å²) in [5.41, 5.74) is 0. The molecule has 0 aliphatic carbocycles. The molecule has 0 atom stereocenters. The van der Waals surface area contributed by atoms with E-state index in [1.165, 1.54) is 4.70 Å². The third-order valence-corrected chi connectivity index (χ3v) is 5.56. The number of aromatic nitrogens is 2. The Balaban J connectivity index is 1.40. The zero-order valence-corrected chi connectivity index (χ0v) is 13.9. The summed E-state index contributed by atoms with van der Waals surface area (Å²) in [6.07, 6.45) is 4.84. The van der Waals surface area contributed by atoms with Gasteiger partial charge in [0.15, 0.2) is 0 Å². The van der Waals surface area contributed by atoms with E-state index in [-0.39, 0.29) is 5.91 Å². The molecule has 1 amide bonds. The second-order valence-electron chi connectivity index (χ2n) is 6.07. The molecular formula is C18H19N3OS. The molecule has 0 spiro atoms. The molecule has 3 heterocycles. The average molecular weight is 325 g/mol. The molecular weight excluding hydrogens is 306 g/mol. The maximum Gasteiger partial charge on any atom is 0.263 e. The Bertz CT molecular complexity index is 812. The Morgan fingerprint density at radius 3 is 2.96 bits per heavy atom. The summed E-state index contributed by atoms with van der Waals surface area (Å²) in [5, 5.41) is 1.16. The van der Waals surface area contributed by atoms with Crippen molar-refractivity contribution in [2.75, 3.05) is 13.1 Å². The van der Waals surface area contributed by atoms with Gasteiger partial charge in [0.2, 0.25) is 0 Å². The monoisotopic (exact) mass is 325 g/mol. The largest absolute Gasteiger partial charge is 0.337 e. The average Bonchev–Trinajstić information content (AvgIpc) is 3.15. The second kappa shape index (κ2) is 5.81. The van der Waals surface area contributed by atoms with Gasteiger partial charge in [-0.25, -0.2) is 4.98 Å². The third-order valence-electron chi connectivity index (χ3n) is 4.45. The van der Waals surface area contributed by atoms with Crippen molar-refractivity contribution in [3.63, 3.8) is 0 Å². The molecule has 4 rings (SSSR count). The number of imidazole rings is 1. The first kappa shape index (κ1) is 14.5. The molecule has 4 nitrogen and oxygen atoms in total. The van der Waals surface area contributed by atoms with Gasteiger partial charge in [-0.05, 0) is 17.5 Å². The van der Waals surface area contributed by atoms with Crippen LogP contribution in [0.4, 0.5) is 0 Å². The van der Waals surface area contributed by atoms with E-state index in [1.807, 2.05) is 35.5 Å². The highest BCUT2D eigenvalue weighted by Crippen LogP contribution is 2.29. The zero-order valence-electron chi connectivity index (χ0n) is 13.1. The van der Waals surface area contributed by atoms with Crippen LogP contribution >= 0.6 is 11.3 Å². The molecule has 1 aliphatic rings. The van der Waals surface area contributed by atoms with E-state index in [2.05, 4.69) is 28.6 Å². The predicted octanol–water partition coefficient (Wildman–Crippen LogP) is 3.43. The van der Waals surface area contributed by atoms with Crippen molar-refractivity contribution < 1.29 is 4.79 Å². The Labute approximate surface area is 139 Å². The van der Waals surface area contributed by atoms with Gasteiger partial charge < -0.3 is 9.47 Å². The Kier molecular flexibility index (Phi) is 3.65. The van der Waals surface area contributed by atoms with E-state index in [0.717, 1.165) is 42.1 Å². The van der Waals surface area contributed by atoms with Crippen LogP contribution in [-0.4, -0.2) is 33.4 Å². The minimum Gasteiger partial charge on any atom is -0.337 e. The van der Waals surface area contributed by atoms with Gasteiger partial charge in [0, 0.05) is 49.1 Å². The Hall–Kier alpha value is -2.14. The lowest BCUT2D eigenvalue weighted by Crippen LogP contribution is -2.51. The fourth-order valence-corrected chi connectivity index (χ4v) is 4.22. The molecule has 2 aromatic heterocycles. The van der Waals surface area contributed by atoms with Crippen LogP contribution in [0, 0.1) is 5.92 Å². The Morgan fingerprint density at radius 2 is 2.17 bits per heavy atom. The molecule has 23 heavy (non-hydrogen) atoms. The van der Waals surface area contributed by atoms with Crippen LogP contribution in [0.2, 0.25) is 0 Å². The maximum atomic E-state index is 12.6. The van der Waals surface area contributed by atoms with Gasteiger partial charge in [-0.3, -0.25) is 4.79 Å². The van der Waals surface area contributed by atoms with Gasteiger partial charge in [-0.2, -0.15) is 0 Å². The summed E-state index contributed by atoms with van der Waals surface area (Å²) in [4.78, 5) is 19.7. The minimum atomic E-state index is 0.170. The number of hydrogen-bond acceptors (Lipinski definition) is 3. The zero-order chi connectivity index (χ0) is 15.8. The number of benzene rings is 1. The number of aryl methyl sites for hydroxylation is 1. The minimum absolute atomic E-state index is 0.170. The summed E-state index contributed by atoms with van der Waals surface area (Å²) in [7, 11) is 0. The second-order valence-corrected chi connectivity index (χ2v) is 7.16. The van der Waals surface area contributed by atoms with Gasteiger partial charge in [0.25, 0.3) is 5.91 Å². The normalized spacial score (nSPS) is 15.1. The van der Waals surface area contributed by atoms with Gasteiger partial charge >= 0.3 is 0 Å². The van der Waals surface area contributed by atoms with Crippen LogP contribution in [0.15, 0.2) is 42.7 Å². The van der Waals surface area contributed by atoms with Crippen LogP contribution in [-0.2, 0) is 13.0 Å². The van der Waals surface area contributed by atoms with Crippen molar-refractivity contribution in [3.05, 3.63) is 53.4 Å². The van der Waals surface area contributed by atoms with Gasteiger partial charge in [-0.1, -0.05) is 25.1 Å². The molecule has 3 aromatic rings. The smallest absolute Gasteiger partial charge is 0.263 e. The summed E-state index contributed by atoms with van der Waals surface area (Å²) in [6, 6.07) is 10.2. The summed E-state index contributed by atoms with van der Waals surface area (Å²) in [6.45, 7) is 4.76. The third kappa shape index (κ3) is 2.65. The number of nitrogens with zero attached hydrogens (tertiary/aromatic N) is 3. The van der Waals surface area contributed by atoms with Gasteiger partial charge in [0.05, 0.1) is 4.88 Å². The standard InChI is InChI=1S/C18H19N3OS/c1-2-17-19-7-8-20(17)10-13-11-21(12-13)18(22)16-9-14-5-3-4-6-15(14)23-16/h3-9,13H,2,10-12H2,1H3. The molecule has 5 heteroatoms. The summed E-state index contributed by atoms with van der Waals surface area (Å²) in [5.74, 6) is 1.83. The number of amides is 1. The van der Waals surface area contributed by atoms with Crippen LogP contribution in [0.5, 0.6) is 0 Å². The van der Waals surface area contributed by atoms with Crippen molar-refractivity contribution in [1.82, 2.24) is 14.5 Å². The van der Waals surface area contributed by atoms with E-state index in [0.29, 0.717) is 5.92 Å². The van der Waals surface area contributed by atoms with Crippen molar-refractivity contribution in [3.8, 4) is 0 Å². The van der Waals surface area contributed by atoms with Crippen molar-refractivity contribution in [1.29, 1.82) is 0 Å². The van der Waals surface area contributed by atoms with E-state index in [4.69, 9.17) is 0 Å². The number of fused-ring (bicyclic) bond motifs is 1. The predicted molar refractivity (Wildman–Crippen MR) is 92.8 cm³/mol. The lowest BCUT2D eigenvalue weighted by atomic mass is 9.99. The first-order chi connectivity index (χ1) is 11.2. The number of thiophene rings is 1. The molecule has 1 aromatic carbocycles. The number of carbonyl (C=O) groups excluding carboxylic acids is 1.